The Hall–Kier alpha value is -2.57. The first-order valence-corrected chi connectivity index (χ1v) is 12.7. The van der Waals surface area contributed by atoms with E-state index in [2.05, 4.69) is 38.2 Å². The maximum Gasteiger partial charge on any atom is 0.325 e. The molecule has 1 aliphatic carbocycles. The lowest BCUT2D eigenvalue weighted by Gasteiger charge is -2.43. The molecule has 1 saturated carbocycles. The number of benzene rings is 1. The lowest BCUT2D eigenvalue weighted by Crippen LogP contribution is -2.54. The van der Waals surface area contributed by atoms with Crippen molar-refractivity contribution in [2.24, 2.45) is 17.3 Å². The first-order valence-electron chi connectivity index (χ1n) is 12.7. The van der Waals surface area contributed by atoms with Crippen molar-refractivity contribution in [3.8, 4) is 5.75 Å². The zero-order chi connectivity index (χ0) is 24.5. The van der Waals surface area contributed by atoms with Gasteiger partial charge >= 0.3 is 6.03 Å². The highest BCUT2D eigenvalue weighted by molar-refractivity contribution is 6.09. The van der Waals surface area contributed by atoms with Gasteiger partial charge in [-0.25, -0.2) is 4.79 Å². The van der Waals surface area contributed by atoms with Crippen molar-refractivity contribution >= 4 is 17.8 Å². The minimum Gasteiger partial charge on any atom is -0.497 e. The minimum atomic E-state index is -0.854. The van der Waals surface area contributed by atoms with Crippen LogP contribution in [0.25, 0.3) is 0 Å². The topological polar surface area (TPSA) is 79.0 Å². The number of hydrogen-bond donors (Lipinski definition) is 1. The predicted octanol–water partition coefficient (Wildman–Crippen LogP) is 4.00. The van der Waals surface area contributed by atoms with Crippen LogP contribution in [0.3, 0.4) is 0 Å². The third kappa shape index (κ3) is 5.23. The quantitative estimate of drug-likeness (QED) is 0.639. The molecule has 2 atom stereocenters. The molecule has 2 saturated heterocycles. The second kappa shape index (κ2) is 9.59. The summed E-state index contributed by atoms with van der Waals surface area (Å²) in [5.41, 5.74) is 0.424. The van der Waals surface area contributed by atoms with Crippen molar-refractivity contribution < 1.29 is 19.1 Å². The molecule has 1 N–H and O–H groups in total. The molecule has 0 aromatic heterocycles. The van der Waals surface area contributed by atoms with Crippen molar-refractivity contribution in [1.82, 2.24) is 15.1 Å². The van der Waals surface area contributed by atoms with Gasteiger partial charge < -0.3 is 15.0 Å². The molecule has 4 amide bonds. The van der Waals surface area contributed by atoms with Crippen LogP contribution in [0, 0.1) is 17.3 Å². The van der Waals surface area contributed by atoms with Crippen molar-refractivity contribution in [3.05, 3.63) is 29.8 Å². The minimum absolute atomic E-state index is 0.0195. The number of nitrogens with one attached hydrogen (secondary N) is 1. The molecule has 3 aliphatic rings. The van der Waals surface area contributed by atoms with Crippen LogP contribution in [0.15, 0.2) is 24.3 Å². The van der Waals surface area contributed by atoms with Gasteiger partial charge in [0.2, 0.25) is 5.91 Å². The molecular formula is C27H39N3O4. The van der Waals surface area contributed by atoms with Crippen molar-refractivity contribution in [3.63, 3.8) is 0 Å². The standard InChI is InChI=1S/C27H39N3O4/c1-19-15-26(2,3)18-27(16-19)24(32)30(25(33)28-27)17-23(31)29-13-11-21(12-14-29)6-5-20-7-9-22(34-4)10-8-20/h7-10,19,21H,5-6,11-18H2,1-4H3,(H,28,33). The third-order valence-electron chi connectivity index (χ3n) is 7.89. The number of nitrogens with zero attached hydrogens (tertiary/aromatic N) is 2. The number of rotatable bonds is 6. The van der Waals surface area contributed by atoms with Gasteiger partial charge in [-0.2, -0.15) is 0 Å². The van der Waals surface area contributed by atoms with Crippen molar-refractivity contribution in [2.45, 2.75) is 71.3 Å². The number of amides is 4. The highest BCUT2D eigenvalue weighted by Crippen LogP contribution is 2.46. The molecule has 7 nitrogen and oxygen atoms in total. The molecule has 0 radical (unpaired) electrons. The number of urea groups is 1. The van der Waals surface area contributed by atoms with Crippen LogP contribution in [0.1, 0.15) is 64.9 Å². The molecule has 2 unspecified atom stereocenters. The van der Waals surface area contributed by atoms with E-state index in [1.807, 2.05) is 17.0 Å². The third-order valence-corrected chi connectivity index (χ3v) is 7.89. The zero-order valence-electron chi connectivity index (χ0n) is 21.1. The lowest BCUT2D eigenvalue weighted by molar-refractivity contribution is -0.141. The highest BCUT2D eigenvalue weighted by atomic mass is 16.5. The Labute approximate surface area is 203 Å². The summed E-state index contributed by atoms with van der Waals surface area (Å²) >= 11 is 0. The summed E-state index contributed by atoms with van der Waals surface area (Å²) in [6, 6.07) is 7.78. The van der Waals surface area contributed by atoms with Crippen molar-refractivity contribution in [2.75, 3.05) is 26.7 Å². The molecule has 1 aromatic carbocycles. The van der Waals surface area contributed by atoms with E-state index >= 15 is 0 Å². The molecular weight excluding hydrogens is 430 g/mol. The second-order valence-electron chi connectivity index (χ2n) is 11.5. The number of aryl methyl sites for hydroxylation is 1. The molecule has 1 spiro atoms. The van der Waals surface area contributed by atoms with Crippen LogP contribution < -0.4 is 10.1 Å². The van der Waals surface area contributed by atoms with Gasteiger partial charge in [-0.3, -0.25) is 14.5 Å². The SMILES string of the molecule is COc1ccc(CCC2CCN(C(=O)CN3C(=O)NC4(CC(C)CC(C)(C)C4)C3=O)CC2)cc1. The van der Waals surface area contributed by atoms with Crippen LogP contribution in [-0.2, 0) is 16.0 Å². The predicted molar refractivity (Wildman–Crippen MR) is 130 cm³/mol. The number of hydrogen-bond acceptors (Lipinski definition) is 4. The molecule has 186 valence electrons. The number of likely N-dealkylation sites (tertiary alicyclic amines) is 1. The van der Waals surface area contributed by atoms with Gasteiger partial charge in [0.25, 0.3) is 5.91 Å². The summed E-state index contributed by atoms with van der Waals surface area (Å²) in [5, 5.41) is 2.97. The van der Waals surface area contributed by atoms with E-state index in [1.54, 1.807) is 7.11 Å². The van der Waals surface area contributed by atoms with Crippen molar-refractivity contribution in [1.29, 1.82) is 0 Å². The first-order chi connectivity index (χ1) is 16.1. The molecule has 2 aliphatic heterocycles. The molecule has 3 fully saturated rings. The maximum absolute atomic E-state index is 13.3. The van der Waals surface area contributed by atoms with Crippen LogP contribution >= 0.6 is 0 Å². The van der Waals surface area contributed by atoms with Crippen LogP contribution in [-0.4, -0.2) is 59.9 Å². The van der Waals surface area contributed by atoms with E-state index < -0.39 is 11.6 Å². The average molecular weight is 470 g/mol. The summed E-state index contributed by atoms with van der Waals surface area (Å²) in [4.78, 5) is 42.0. The number of carbonyl (C=O) groups is 3. The smallest absolute Gasteiger partial charge is 0.325 e. The second-order valence-corrected chi connectivity index (χ2v) is 11.5. The number of imide groups is 1. The monoisotopic (exact) mass is 469 g/mol. The van der Waals surface area contributed by atoms with E-state index in [-0.39, 0.29) is 23.8 Å². The molecule has 2 heterocycles. The summed E-state index contributed by atoms with van der Waals surface area (Å²) < 4.78 is 5.22. The molecule has 1 aromatic rings. The first kappa shape index (κ1) is 24.6. The van der Waals surface area contributed by atoms with Gasteiger partial charge in [0, 0.05) is 13.1 Å². The number of ether oxygens (including phenoxy) is 1. The largest absolute Gasteiger partial charge is 0.497 e. The highest BCUT2D eigenvalue weighted by Gasteiger charge is 2.56. The fourth-order valence-electron chi connectivity index (χ4n) is 6.52. The molecule has 0 bridgehead atoms. The Morgan fingerprint density at radius 2 is 1.79 bits per heavy atom. The summed E-state index contributed by atoms with van der Waals surface area (Å²) in [6.07, 6.45) is 6.32. The van der Waals surface area contributed by atoms with E-state index in [1.165, 1.54) is 5.56 Å². The lowest BCUT2D eigenvalue weighted by atomic mass is 9.64. The van der Waals surface area contributed by atoms with Gasteiger partial charge in [0.15, 0.2) is 0 Å². The van der Waals surface area contributed by atoms with Gasteiger partial charge in [-0.15, -0.1) is 0 Å². The van der Waals surface area contributed by atoms with E-state index in [0.29, 0.717) is 37.8 Å². The Bertz CT molecular complexity index is 920. The van der Waals surface area contributed by atoms with Crippen LogP contribution in [0.2, 0.25) is 0 Å². The van der Waals surface area contributed by atoms with E-state index in [0.717, 1.165) is 42.8 Å². The Balaban J connectivity index is 1.27. The van der Waals surface area contributed by atoms with Crippen LogP contribution in [0.4, 0.5) is 4.79 Å². The maximum atomic E-state index is 13.3. The fourth-order valence-corrected chi connectivity index (χ4v) is 6.52. The van der Waals surface area contributed by atoms with Gasteiger partial charge in [0.1, 0.15) is 17.8 Å². The zero-order valence-corrected chi connectivity index (χ0v) is 21.1. The number of piperidine rings is 1. The average Bonchev–Trinajstić information content (AvgIpc) is 3.00. The van der Waals surface area contributed by atoms with Crippen LogP contribution in [0.5, 0.6) is 5.75 Å². The number of carbonyl (C=O) groups excluding carboxylic acids is 3. The fraction of sp³-hybridized carbons (Fsp3) is 0.667. The Kier molecular flexibility index (Phi) is 6.92. The van der Waals surface area contributed by atoms with Gasteiger partial charge in [-0.1, -0.05) is 32.9 Å². The Morgan fingerprint density at radius 1 is 1.12 bits per heavy atom. The summed E-state index contributed by atoms with van der Waals surface area (Å²) in [6.45, 7) is 7.65. The van der Waals surface area contributed by atoms with Gasteiger partial charge in [-0.05, 0) is 79.9 Å². The molecule has 34 heavy (non-hydrogen) atoms. The van der Waals surface area contributed by atoms with Gasteiger partial charge in [0.05, 0.1) is 7.11 Å². The normalized spacial score (nSPS) is 27.2. The summed E-state index contributed by atoms with van der Waals surface area (Å²) in [7, 11) is 1.67. The molecule has 7 heteroatoms. The number of methoxy groups -OCH3 is 1. The van der Waals surface area contributed by atoms with E-state index in [4.69, 9.17) is 4.74 Å². The Morgan fingerprint density at radius 3 is 2.41 bits per heavy atom. The summed E-state index contributed by atoms with van der Waals surface area (Å²) in [5.74, 6) is 1.45. The molecule has 4 rings (SSSR count). The van der Waals surface area contributed by atoms with E-state index in [9.17, 15) is 14.4 Å².